The summed E-state index contributed by atoms with van der Waals surface area (Å²) in [6.45, 7) is 0.766. The molecule has 5 nitrogen and oxygen atoms in total. The number of fused-ring (bicyclic) bond motifs is 8. The Hall–Kier alpha value is -8.72. The molecular weight excluding hydrogens is 803 g/mol. The zero-order valence-electron chi connectivity index (χ0n) is 36.3. The van der Waals surface area contributed by atoms with Gasteiger partial charge in [-0.15, -0.1) is 6.42 Å². The second kappa shape index (κ2) is 17.4. The van der Waals surface area contributed by atoms with Crippen molar-refractivity contribution in [2.75, 3.05) is 21.2 Å². The Labute approximate surface area is 386 Å². The van der Waals surface area contributed by atoms with Gasteiger partial charge in [-0.2, -0.15) is 0 Å². The van der Waals surface area contributed by atoms with Crippen molar-refractivity contribution in [2.24, 2.45) is 0 Å². The summed E-state index contributed by atoms with van der Waals surface area (Å²) in [6, 6.07) is 76.7. The molecule has 8 aromatic carbocycles. The molecule has 3 heterocycles. The number of allylic oxidation sites excluding steroid dienone is 3. The van der Waals surface area contributed by atoms with Crippen molar-refractivity contribution in [1.29, 1.82) is 0 Å². The molecule has 2 aliphatic rings. The largest absolute Gasteiger partial charge is 0.341 e. The molecule has 0 aliphatic carbocycles. The molecule has 11 rings (SSSR count). The van der Waals surface area contributed by atoms with Gasteiger partial charge in [-0.1, -0.05) is 152 Å². The topological polar surface area (TPSA) is 35.5 Å². The summed E-state index contributed by atoms with van der Waals surface area (Å²) in [5, 5.41) is 0. The van der Waals surface area contributed by atoms with Gasteiger partial charge in [0.1, 0.15) is 0 Å². The SMILES string of the molecule is C#C/C=C(\C=C/CCN1c2ccccc2C2(c3ccccc31)c1ccccc1N(c1ccc(-c3ccc(N(c4ccccc4)c4ccccc4)cc3)cc1)c1ccccc12)c1ncccn1. The fourth-order valence-electron chi connectivity index (χ4n) is 10.0. The first-order valence-corrected chi connectivity index (χ1v) is 22.4. The number of terminal acetylenes is 1. The van der Waals surface area contributed by atoms with E-state index < -0.39 is 5.41 Å². The zero-order valence-corrected chi connectivity index (χ0v) is 36.3. The van der Waals surface area contributed by atoms with E-state index in [9.17, 15) is 0 Å². The van der Waals surface area contributed by atoms with E-state index in [4.69, 9.17) is 6.42 Å². The highest BCUT2D eigenvalue weighted by Gasteiger charge is 2.51. The van der Waals surface area contributed by atoms with Gasteiger partial charge < -0.3 is 14.7 Å². The molecule has 2 aliphatic heterocycles. The smallest absolute Gasteiger partial charge is 0.159 e. The van der Waals surface area contributed by atoms with Crippen molar-refractivity contribution >= 4 is 51.1 Å². The molecule has 5 heteroatoms. The minimum atomic E-state index is -0.578. The van der Waals surface area contributed by atoms with Crippen LogP contribution in [0.5, 0.6) is 0 Å². The number of hydrogen-bond donors (Lipinski definition) is 0. The summed E-state index contributed by atoms with van der Waals surface area (Å²) in [5.41, 5.74) is 16.7. The number of anilines is 8. The lowest BCUT2D eigenvalue weighted by Gasteiger charge is -2.51. The van der Waals surface area contributed by atoms with Gasteiger partial charge in [-0.25, -0.2) is 9.97 Å². The van der Waals surface area contributed by atoms with E-state index in [1.807, 2.05) is 12.1 Å². The van der Waals surface area contributed by atoms with Crippen molar-refractivity contribution in [2.45, 2.75) is 11.8 Å². The Balaban J connectivity index is 0.952. The molecule has 0 unspecified atom stereocenters. The van der Waals surface area contributed by atoms with Gasteiger partial charge in [-0.3, -0.25) is 0 Å². The van der Waals surface area contributed by atoms with Crippen LogP contribution >= 0.6 is 0 Å². The van der Waals surface area contributed by atoms with Gasteiger partial charge in [-0.05, 0) is 125 Å². The first kappa shape index (κ1) is 40.1. The molecule has 0 fully saturated rings. The lowest BCUT2D eigenvalue weighted by Crippen LogP contribution is -2.42. The molecule has 0 atom stereocenters. The van der Waals surface area contributed by atoms with Crippen molar-refractivity contribution in [3.05, 3.63) is 271 Å². The minimum Gasteiger partial charge on any atom is -0.341 e. The molecule has 0 amide bonds. The third-order valence-electron chi connectivity index (χ3n) is 12.8. The van der Waals surface area contributed by atoms with Crippen LogP contribution in [0.1, 0.15) is 34.5 Å². The van der Waals surface area contributed by atoms with Crippen molar-refractivity contribution in [3.8, 4) is 23.5 Å². The van der Waals surface area contributed by atoms with Crippen molar-refractivity contribution in [1.82, 2.24) is 9.97 Å². The van der Waals surface area contributed by atoms with E-state index in [1.54, 1.807) is 18.5 Å². The first-order valence-electron chi connectivity index (χ1n) is 22.4. The van der Waals surface area contributed by atoms with E-state index in [2.05, 4.69) is 243 Å². The van der Waals surface area contributed by atoms with Crippen LogP contribution in [0.4, 0.5) is 45.5 Å². The van der Waals surface area contributed by atoms with Gasteiger partial charge in [0, 0.05) is 58.6 Å². The van der Waals surface area contributed by atoms with Gasteiger partial charge >= 0.3 is 0 Å². The predicted octanol–water partition coefficient (Wildman–Crippen LogP) is 14.9. The maximum atomic E-state index is 5.71. The Morgan fingerprint density at radius 2 is 0.939 bits per heavy atom. The zero-order chi connectivity index (χ0) is 44.3. The summed E-state index contributed by atoms with van der Waals surface area (Å²) in [4.78, 5) is 16.1. The summed E-state index contributed by atoms with van der Waals surface area (Å²) >= 11 is 0. The maximum Gasteiger partial charge on any atom is 0.159 e. The summed E-state index contributed by atoms with van der Waals surface area (Å²) < 4.78 is 0. The van der Waals surface area contributed by atoms with Crippen molar-refractivity contribution in [3.63, 3.8) is 0 Å². The molecule has 1 spiro atoms. The number of rotatable bonds is 10. The van der Waals surface area contributed by atoms with Crippen LogP contribution in [0.3, 0.4) is 0 Å². The standard InChI is InChI=1S/C61H45N5/c1-2-20-47(60-62-42-19-43-63-60)21-17-18-44-64-56-30-13-9-26-52(56)61(53-27-10-14-31-57(53)64)54-28-11-15-32-58(54)66(59-33-16-12-29-55(59)61)51-40-36-46(37-41-51)45-34-38-50(39-35-45)65(48-22-5-3-6-23-48)49-24-7-4-8-25-49/h1,3-17,19-43H,18,44H2/b21-17-,47-20+. The highest BCUT2D eigenvalue weighted by Crippen LogP contribution is 2.63. The van der Waals surface area contributed by atoms with Gasteiger partial charge in [0.2, 0.25) is 0 Å². The number of nitrogens with zero attached hydrogens (tertiary/aromatic N) is 5. The Kier molecular flexibility index (Phi) is 10.6. The average Bonchev–Trinajstić information content (AvgIpc) is 3.39. The minimum absolute atomic E-state index is 0.578. The Bertz CT molecular complexity index is 3130. The van der Waals surface area contributed by atoms with Crippen LogP contribution in [0.2, 0.25) is 0 Å². The molecule has 314 valence electrons. The quantitative estimate of drug-likeness (QED) is 0.101. The number of aromatic nitrogens is 2. The van der Waals surface area contributed by atoms with Crippen LogP contribution < -0.4 is 14.7 Å². The number of benzene rings is 8. The molecule has 1 aromatic heterocycles. The van der Waals surface area contributed by atoms with Gasteiger partial charge in [0.05, 0.1) is 16.8 Å². The Morgan fingerprint density at radius 1 is 0.500 bits per heavy atom. The molecule has 0 bridgehead atoms. The van der Waals surface area contributed by atoms with Crippen LogP contribution in [-0.4, -0.2) is 16.5 Å². The summed E-state index contributed by atoms with van der Waals surface area (Å²) in [6.07, 6.45) is 15.9. The lowest BCUT2D eigenvalue weighted by molar-refractivity contribution is 0.705. The van der Waals surface area contributed by atoms with E-state index in [-0.39, 0.29) is 0 Å². The van der Waals surface area contributed by atoms with E-state index >= 15 is 0 Å². The van der Waals surface area contributed by atoms with Crippen LogP contribution in [0.25, 0.3) is 16.7 Å². The molecule has 0 saturated carbocycles. The molecular formula is C61H45N5. The number of hydrogen-bond acceptors (Lipinski definition) is 5. The highest BCUT2D eigenvalue weighted by atomic mass is 15.2. The second-order valence-corrected chi connectivity index (χ2v) is 16.4. The molecule has 0 radical (unpaired) electrons. The molecule has 0 N–H and O–H groups in total. The van der Waals surface area contributed by atoms with Gasteiger partial charge in [0.25, 0.3) is 0 Å². The average molecular weight is 848 g/mol. The van der Waals surface area contributed by atoms with Crippen LogP contribution in [0, 0.1) is 12.3 Å². The highest BCUT2D eigenvalue weighted by molar-refractivity contribution is 5.94. The van der Waals surface area contributed by atoms with E-state index in [0.717, 1.165) is 63.8 Å². The monoisotopic (exact) mass is 847 g/mol. The third kappa shape index (κ3) is 6.93. The summed E-state index contributed by atoms with van der Waals surface area (Å²) in [7, 11) is 0. The second-order valence-electron chi connectivity index (χ2n) is 16.4. The molecule has 9 aromatic rings. The summed E-state index contributed by atoms with van der Waals surface area (Å²) in [5.74, 6) is 3.27. The van der Waals surface area contributed by atoms with Gasteiger partial charge in [0.15, 0.2) is 5.82 Å². The fraction of sp³-hybridized carbons (Fsp3) is 0.0492. The third-order valence-corrected chi connectivity index (χ3v) is 12.8. The Morgan fingerprint density at radius 3 is 1.45 bits per heavy atom. The molecule has 0 saturated heterocycles. The number of para-hydroxylation sites is 6. The van der Waals surface area contributed by atoms with Crippen LogP contribution in [-0.2, 0) is 5.41 Å². The first-order chi connectivity index (χ1) is 32.7. The van der Waals surface area contributed by atoms with Crippen molar-refractivity contribution < 1.29 is 0 Å². The van der Waals surface area contributed by atoms with E-state index in [1.165, 1.54) is 33.6 Å². The molecule has 66 heavy (non-hydrogen) atoms. The normalized spacial score (nSPS) is 13.3. The van der Waals surface area contributed by atoms with E-state index in [0.29, 0.717) is 5.82 Å². The predicted molar refractivity (Wildman–Crippen MR) is 273 cm³/mol. The lowest BCUT2D eigenvalue weighted by atomic mass is 9.60. The fourth-order valence-corrected chi connectivity index (χ4v) is 10.0. The maximum absolute atomic E-state index is 5.71. The van der Waals surface area contributed by atoms with Crippen LogP contribution in [0.15, 0.2) is 243 Å².